The molecule has 18 heavy (non-hydrogen) atoms. The SMILES string of the molecule is OCC#Cc1cccc(CSCC2CCCO2)c1. The molecule has 0 radical (unpaired) electrons. The van der Waals surface area contributed by atoms with Gasteiger partial charge in [-0.1, -0.05) is 24.0 Å². The lowest BCUT2D eigenvalue weighted by molar-refractivity contribution is 0.129. The normalized spacial score (nSPS) is 18.4. The average Bonchev–Trinajstić information content (AvgIpc) is 2.90. The molecular weight excluding hydrogens is 244 g/mol. The number of benzene rings is 1. The number of thioether (sulfide) groups is 1. The Labute approximate surface area is 113 Å². The fourth-order valence-electron chi connectivity index (χ4n) is 1.96. The Balaban J connectivity index is 1.81. The summed E-state index contributed by atoms with van der Waals surface area (Å²) in [5.41, 5.74) is 2.25. The second-order valence-corrected chi connectivity index (χ2v) is 5.34. The summed E-state index contributed by atoms with van der Waals surface area (Å²) in [6, 6.07) is 8.19. The third-order valence-electron chi connectivity index (χ3n) is 2.84. The van der Waals surface area contributed by atoms with E-state index in [1.165, 1.54) is 18.4 Å². The topological polar surface area (TPSA) is 29.5 Å². The highest BCUT2D eigenvalue weighted by molar-refractivity contribution is 7.98. The molecule has 1 saturated heterocycles. The highest BCUT2D eigenvalue weighted by Crippen LogP contribution is 2.20. The average molecular weight is 262 g/mol. The highest BCUT2D eigenvalue weighted by Gasteiger charge is 2.14. The van der Waals surface area contributed by atoms with Crippen LogP contribution in [0.5, 0.6) is 0 Å². The van der Waals surface area contributed by atoms with Crippen molar-refractivity contribution < 1.29 is 9.84 Å². The van der Waals surface area contributed by atoms with E-state index in [0.717, 1.165) is 23.7 Å². The summed E-state index contributed by atoms with van der Waals surface area (Å²) in [7, 11) is 0. The summed E-state index contributed by atoms with van der Waals surface area (Å²) >= 11 is 1.91. The minimum absolute atomic E-state index is 0.0853. The number of aliphatic hydroxyl groups excluding tert-OH is 1. The van der Waals surface area contributed by atoms with Gasteiger partial charge in [-0.3, -0.25) is 0 Å². The molecule has 1 aliphatic heterocycles. The van der Waals surface area contributed by atoms with Gasteiger partial charge in [0.25, 0.3) is 0 Å². The Morgan fingerprint density at radius 2 is 2.39 bits per heavy atom. The van der Waals surface area contributed by atoms with Crippen molar-refractivity contribution in [2.24, 2.45) is 0 Å². The quantitative estimate of drug-likeness (QED) is 0.845. The van der Waals surface area contributed by atoms with Crippen LogP contribution in [0, 0.1) is 11.8 Å². The molecule has 1 aliphatic rings. The molecule has 0 spiro atoms. The molecule has 1 atom stereocenters. The Morgan fingerprint density at radius 1 is 1.44 bits per heavy atom. The molecule has 0 aliphatic carbocycles. The molecule has 1 N–H and O–H groups in total. The summed E-state index contributed by atoms with van der Waals surface area (Å²) in [4.78, 5) is 0. The lowest BCUT2D eigenvalue weighted by atomic mass is 10.1. The smallest absolute Gasteiger partial charge is 0.104 e. The first-order chi connectivity index (χ1) is 8.88. The van der Waals surface area contributed by atoms with Crippen LogP contribution in [-0.4, -0.2) is 30.2 Å². The second-order valence-electron chi connectivity index (χ2n) is 4.31. The largest absolute Gasteiger partial charge is 0.384 e. The number of hydrogen-bond acceptors (Lipinski definition) is 3. The molecular formula is C15H18O2S. The van der Waals surface area contributed by atoms with Crippen LogP contribution in [0.3, 0.4) is 0 Å². The Kier molecular flexibility index (Phi) is 5.60. The van der Waals surface area contributed by atoms with Gasteiger partial charge in [-0.05, 0) is 30.5 Å². The molecule has 96 valence electrons. The molecule has 1 heterocycles. The number of hydrogen-bond donors (Lipinski definition) is 1. The summed E-state index contributed by atoms with van der Waals surface area (Å²) in [6.07, 6.45) is 2.86. The van der Waals surface area contributed by atoms with E-state index < -0.39 is 0 Å². The molecule has 1 fully saturated rings. The zero-order valence-electron chi connectivity index (χ0n) is 10.4. The van der Waals surface area contributed by atoms with Gasteiger partial charge in [0, 0.05) is 23.7 Å². The molecule has 0 aromatic heterocycles. The highest BCUT2D eigenvalue weighted by atomic mass is 32.2. The summed E-state index contributed by atoms with van der Waals surface area (Å²) in [6.45, 7) is 0.843. The predicted molar refractivity (Wildman–Crippen MR) is 75.5 cm³/mol. The number of rotatable bonds is 4. The van der Waals surface area contributed by atoms with Crippen LogP contribution in [0.25, 0.3) is 0 Å². The van der Waals surface area contributed by atoms with E-state index in [9.17, 15) is 0 Å². The fourth-order valence-corrected chi connectivity index (χ4v) is 3.02. The maximum atomic E-state index is 8.67. The van der Waals surface area contributed by atoms with Gasteiger partial charge < -0.3 is 9.84 Å². The maximum Gasteiger partial charge on any atom is 0.104 e. The van der Waals surface area contributed by atoms with E-state index in [1.807, 2.05) is 23.9 Å². The van der Waals surface area contributed by atoms with E-state index in [0.29, 0.717) is 6.10 Å². The van der Waals surface area contributed by atoms with Crippen LogP contribution in [0.4, 0.5) is 0 Å². The third-order valence-corrected chi connectivity index (χ3v) is 3.98. The minimum Gasteiger partial charge on any atom is -0.384 e. The Bertz CT molecular complexity index is 428. The first-order valence-electron chi connectivity index (χ1n) is 6.26. The summed E-state index contributed by atoms with van der Waals surface area (Å²) in [5, 5.41) is 8.67. The molecule has 0 saturated carbocycles. The zero-order valence-corrected chi connectivity index (χ0v) is 11.2. The van der Waals surface area contributed by atoms with E-state index in [4.69, 9.17) is 9.84 Å². The number of ether oxygens (including phenoxy) is 1. The molecule has 1 unspecified atom stereocenters. The van der Waals surface area contributed by atoms with Crippen molar-refractivity contribution in [2.45, 2.75) is 24.7 Å². The van der Waals surface area contributed by atoms with Crippen LogP contribution in [0.15, 0.2) is 24.3 Å². The fraction of sp³-hybridized carbons (Fsp3) is 0.467. The van der Waals surface area contributed by atoms with Gasteiger partial charge in [0.15, 0.2) is 0 Å². The van der Waals surface area contributed by atoms with Gasteiger partial charge in [-0.25, -0.2) is 0 Å². The lowest BCUT2D eigenvalue weighted by Gasteiger charge is -2.08. The van der Waals surface area contributed by atoms with Crippen LogP contribution in [0.2, 0.25) is 0 Å². The van der Waals surface area contributed by atoms with Crippen LogP contribution in [-0.2, 0) is 10.5 Å². The number of aliphatic hydroxyl groups is 1. The van der Waals surface area contributed by atoms with Crippen molar-refractivity contribution in [3.8, 4) is 11.8 Å². The van der Waals surface area contributed by atoms with Crippen LogP contribution < -0.4 is 0 Å². The van der Waals surface area contributed by atoms with Gasteiger partial charge in [-0.2, -0.15) is 11.8 Å². The standard InChI is InChI=1S/C15H18O2S/c16-8-2-6-13-4-1-5-14(10-13)11-18-12-15-7-3-9-17-15/h1,4-5,10,15-16H,3,7-9,11-12H2. The van der Waals surface area contributed by atoms with E-state index in [2.05, 4.69) is 24.0 Å². The maximum absolute atomic E-state index is 8.67. The molecule has 3 heteroatoms. The minimum atomic E-state index is -0.0853. The molecule has 1 aromatic rings. The van der Waals surface area contributed by atoms with E-state index in [1.54, 1.807) is 0 Å². The van der Waals surface area contributed by atoms with E-state index >= 15 is 0 Å². The van der Waals surface area contributed by atoms with Crippen molar-refractivity contribution in [1.82, 2.24) is 0 Å². The molecule has 2 nitrogen and oxygen atoms in total. The van der Waals surface area contributed by atoms with Gasteiger partial charge in [0.1, 0.15) is 6.61 Å². The molecule has 0 amide bonds. The monoisotopic (exact) mass is 262 g/mol. The van der Waals surface area contributed by atoms with Crippen molar-refractivity contribution in [3.05, 3.63) is 35.4 Å². The van der Waals surface area contributed by atoms with Crippen molar-refractivity contribution in [3.63, 3.8) is 0 Å². The summed E-state index contributed by atoms with van der Waals surface area (Å²) < 4.78 is 5.60. The molecule has 2 rings (SSSR count). The van der Waals surface area contributed by atoms with Gasteiger partial charge in [0.05, 0.1) is 6.10 Å². The molecule has 0 bridgehead atoms. The first-order valence-corrected chi connectivity index (χ1v) is 7.42. The Morgan fingerprint density at radius 3 is 3.17 bits per heavy atom. The molecule has 1 aromatic carbocycles. The lowest BCUT2D eigenvalue weighted by Crippen LogP contribution is -2.07. The zero-order chi connectivity index (χ0) is 12.6. The predicted octanol–water partition coefficient (Wildman–Crippen LogP) is 2.44. The second kappa shape index (κ2) is 7.48. The Hall–Kier alpha value is -0.950. The van der Waals surface area contributed by atoms with Gasteiger partial charge >= 0.3 is 0 Å². The van der Waals surface area contributed by atoms with Crippen molar-refractivity contribution in [1.29, 1.82) is 0 Å². The van der Waals surface area contributed by atoms with Crippen LogP contribution in [0.1, 0.15) is 24.0 Å². The van der Waals surface area contributed by atoms with Gasteiger partial charge in [-0.15, -0.1) is 0 Å². The van der Waals surface area contributed by atoms with Gasteiger partial charge in [0.2, 0.25) is 0 Å². The van der Waals surface area contributed by atoms with Crippen molar-refractivity contribution in [2.75, 3.05) is 19.0 Å². The van der Waals surface area contributed by atoms with Crippen LogP contribution >= 0.6 is 11.8 Å². The van der Waals surface area contributed by atoms with E-state index in [-0.39, 0.29) is 6.61 Å². The summed E-state index contributed by atoms with van der Waals surface area (Å²) in [5.74, 6) is 7.67. The van der Waals surface area contributed by atoms with Crippen molar-refractivity contribution >= 4 is 11.8 Å². The first kappa shape index (κ1) is 13.5. The third kappa shape index (κ3) is 4.38.